The van der Waals surface area contributed by atoms with E-state index in [0.29, 0.717) is 25.3 Å². The third kappa shape index (κ3) is 3.17. The van der Waals surface area contributed by atoms with Gasteiger partial charge in [-0.05, 0) is 18.6 Å². The minimum Gasteiger partial charge on any atom is -0.484 e. The number of aliphatic hydroxyl groups is 1. The number of nitrogens with zero attached hydrogens (tertiary/aromatic N) is 1. The number of amides is 1. The van der Waals surface area contributed by atoms with Crippen LogP contribution in [0.2, 0.25) is 0 Å². The number of benzene rings is 1. The fourth-order valence-corrected chi connectivity index (χ4v) is 1.76. The van der Waals surface area contributed by atoms with Crippen molar-refractivity contribution < 1.29 is 19.0 Å². The van der Waals surface area contributed by atoms with Crippen LogP contribution in [-0.4, -0.2) is 41.7 Å². The minimum atomic E-state index is -0.437. The van der Waals surface area contributed by atoms with Gasteiger partial charge in [0, 0.05) is 19.2 Å². The number of halogens is 1. The molecular weight excluding hydrogens is 225 g/mol. The van der Waals surface area contributed by atoms with Crippen LogP contribution in [0.25, 0.3) is 0 Å². The number of aliphatic hydroxyl groups excluding tert-OH is 1. The first-order valence-electron chi connectivity index (χ1n) is 5.49. The SMILES string of the molecule is O=C(COc1cccc(F)c1)N1CC[C@@H](O)C1. The lowest BCUT2D eigenvalue weighted by Gasteiger charge is -2.15. The predicted molar refractivity (Wildman–Crippen MR) is 59.1 cm³/mol. The third-order valence-electron chi connectivity index (χ3n) is 2.67. The van der Waals surface area contributed by atoms with Gasteiger partial charge in [0.25, 0.3) is 5.91 Å². The summed E-state index contributed by atoms with van der Waals surface area (Å²) in [7, 11) is 0. The zero-order valence-electron chi connectivity index (χ0n) is 9.30. The zero-order valence-corrected chi connectivity index (χ0v) is 9.30. The molecule has 1 aromatic carbocycles. The number of ether oxygens (including phenoxy) is 1. The summed E-state index contributed by atoms with van der Waals surface area (Å²) in [6, 6.07) is 5.65. The summed E-state index contributed by atoms with van der Waals surface area (Å²) in [6.07, 6.45) is 0.166. The molecule has 1 N–H and O–H groups in total. The van der Waals surface area contributed by atoms with Gasteiger partial charge < -0.3 is 14.7 Å². The van der Waals surface area contributed by atoms with Crippen molar-refractivity contribution in [1.82, 2.24) is 4.90 Å². The van der Waals surface area contributed by atoms with Crippen LogP contribution < -0.4 is 4.74 Å². The van der Waals surface area contributed by atoms with Crippen molar-refractivity contribution in [2.45, 2.75) is 12.5 Å². The number of rotatable bonds is 3. The normalized spacial score (nSPS) is 19.4. The quantitative estimate of drug-likeness (QED) is 0.848. The molecule has 1 aromatic rings. The molecule has 92 valence electrons. The number of β-amino-alcohol motifs (C(OH)–C–C–N with tert-alkyl or cyclic N) is 1. The van der Waals surface area contributed by atoms with Crippen molar-refractivity contribution in [1.29, 1.82) is 0 Å². The van der Waals surface area contributed by atoms with E-state index in [0.717, 1.165) is 0 Å². The maximum atomic E-state index is 12.8. The van der Waals surface area contributed by atoms with E-state index >= 15 is 0 Å². The van der Waals surface area contributed by atoms with E-state index < -0.39 is 11.9 Å². The highest BCUT2D eigenvalue weighted by Gasteiger charge is 2.24. The molecule has 0 spiro atoms. The van der Waals surface area contributed by atoms with Crippen LogP contribution >= 0.6 is 0 Å². The third-order valence-corrected chi connectivity index (χ3v) is 2.67. The van der Waals surface area contributed by atoms with Crippen molar-refractivity contribution in [2.24, 2.45) is 0 Å². The average molecular weight is 239 g/mol. The number of likely N-dealkylation sites (tertiary alicyclic amines) is 1. The molecule has 0 unspecified atom stereocenters. The molecule has 1 saturated heterocycles. The summed E-state index contributed by atoms with van der Waals surface area (Å²) in [4.78, 5) is 13.2. The highest BCUT2D eigenvalue weighted by Crippen LogP contribution is 2.13. The van der Waals surface area contributed by atoms with E-state index in [9.17, 15) is 14.3 Å². The number of carbonyl (C=O) groups is 1. The summed E-state index contributed by atoms with van der Waals surface area (Å²) in [6.45, 7) is 0.772. The first-order valence-corrected chi connectivity index (χ1v) is 5.49. The largest absolute Gasteiger partial charge is 0.484 e. The second-order valence-electron chi connectivity index (χ2n) is 4.03. The molecule has 1 amide bonds. The Bertz CT molecular complexity index is 410. The van der Waals surface area contributed by atoms with E-state index in [4.69, 9.17) is 4.74 Å². The van der Waals surface area contributed by atoms with Gasteiger partial charge in [-0.1, -0.05) is 6.07 Å². The van der Waals surface area contributed by atoms with Crippen molar-refractivity contribution in [3.05, 3.63) is 30.1 Å². The molecule has 2 rings (SSSR count). The molecule has 1 aliphatic rings. The molecule has 1 aliphatic heterocycles. The summed E-state index contributed by atoms with van der Waals surface area (Å²) < 4.78 is 18.0. The Hall–Kier alpha value is -1.62. The highest BCUT2D eigenvalue weighted by molar-refractivity contribution is 5.78. The van der Waals surface area contributed by atoms with Gasteiger partial charge in [0.15, 0.2) is 6.61 Å². The van der Waals surface area contributed by atoms with E-state index in [-0.39, 0.29) is 12.5 Å². The standard InChI is InChI=1S/C12H14FNO3/c13-9-2-1-3-11(6-9)17-8-12(16)14-5-4-10(15)7-14/h1-3,6,10,15H,4-5,7-8H2/t10-/m1/s1. The van der Waals surface area contributed by atoms with Crippen LogP contribution in [0.4, 0.5) is 4.39 Å². The van der Waals surface area contributed by atoms with Gasteiger partial charge in [0.2, 0.25) is 0 Å². The predicted octanol–water partition coefficient (Wildman–Crippen LogP) is 0.798. The van der Waals surface area contributed by atoms with E-state index in [2.05, 4.69) is 0 Å². The molecule has 4 nitrogen and oxygen atoms in total. The summed E-state index contributed by atoms with van der Waals surface area (Å²) >= 11 is 0. The summed E-state index contributed by atoms with van der Waals surface area (Å²) in [5.74, 6) is -0.254. The maximum Gasteiger partial charge on any atom is 0.260 e. The summed E-state index contributed by atoms with van der Waals surface area (Å²) in [5, 5.41) is 9.29. The molecule has 17 heavy (non-hydrogen) atoms. The Labute approximate surface area is 98.6 Å². The molecular formula is C12H14FNO3. The number of hydrogen-bond donors (Lipinski definition) is 1. The molecule has 1 atom stereocenters. The van der Waals surface area contributed by atoms with E-state index in [1.807, 2.05) is 0 Å². The van der Waals surface area contributed by atoms with E-state index in [1.54, 1.807) is 11.0 Å². The lowest BCUT2D eigenvalue weighted by Crippen LogP contribution is -2.33. The topological polar surface area (TPSA) is 49.8 Å². The van der Waals surface area contributed by atoms with Crippen LogP contribution in [0.3, 0.4) is 0 Å². The van der Waals surface area contributed by atoms with Gasteiger partial charge in [-0.3, -0.25) is 4.79 Å². The zero-order chi connectivity index (χ0) is 12.3. The van der Waals surface area contributed by atoms with Gasteiger partial charge in [0.1, 0.15) is 11.6 Å². The second-order valence-corrected chi connectivity index (χ2v) is 4.03. The van der Waals surface area contributed by atoms with Crippen molar-refractivity contribution in [2.75, 3.05) is 19.7 Å². The lowest BCUT2D eigenvalue weighted by molar-refractivity contribution is -0.132. The average Bonchev–Trinajstić information content (AvgIpc) is 2.73. The Morgan fingerprint density at radius 2 is 2.41 bits per heavy atom. The number of carbonyl (C=O) groups excluding carboxylic acids is 1. The summed E-state index contributed by atoms with van der Waals surface area (Å²) in [5.41, 5.74) is 0. The maximum absolute atomic E-state index is 12.8. The van der Waals surface area contributed by atoms with Crippen molar-refractivity contribution >= 4 is 5.91 Å². The molecule has 1 fully saturated rings. The van der Waals surface area contributed by atoms with Crippen LogP contribution in [0.15, 0.2) is 24.3 Å². The van der Waals surface area contributed by atoms with Crippen molar-refractivity contribution in [3.8, 4) is 5.75 Å². The first kappa shape index (κ1) is 11.9. The lowest BCUT2D eigenvalue weighted by atomic mass is 10.3. The monoisotopic (exact) mass is 239 g/mol. The van der Waals surface area contributed by atoms with Crippen LogP contribution in [0, 0.1) is 5.82 Å². The fraction of sp³-hybridized carbons (Fsp3) is 0.417. The fourth-order valence-electron chi connectivity index (χ4n) is 1.76. The molecule has 5 heteroatoms. The smallest absolute Gasteiger partial charge is 0.260 e. The van der Waals surface area contributed by atoms with Gasteiger partial charge in [0.05, 0.1) is 6.10 Å². The van der Waals surface area contributed by atoms with Gasteiger partial charge >= 0.3 is 0 Å². The molecule has 1 heterocycles. The van der Waals surface area contributed by atoms with E-state index in [1.165, 1.54) is 18.2 Å². The first-order chi connectivity index (χ1) is 8.15. The molecule has 0 aromatic heterocycles. The van der Waals surface area contributed by atoms with Crippen LogP contribution in [-0.2, 0) is 4.79 Å². The Morgan fingerprint density at radius 3 is 3.06 bits per heavy atom. The van der Waals surface area contributed by atoms with Gasteiger partial charge in [-0.25, -0.2) is 4.39 Å². The van der Waals surface area contributed by atoms with Crippen LogP contribution in [0.5, 0.6) is 5.75 Å². The van der Waals surface area contributed by atoms with Crippen LogP contribution in [0.1, 0.15) is 6.42 Å². The Morgan fingerprint density at radius 1 is 1.59 bits per heavy atom. The Balaban J connectivity index is 1.84. The molecule has 0 bridgehead atoms. The van der Waals surface area contributed by atoms with Gasteiger partial charge in [-0.2, -0.15) is 0 Å². The Kier molecular flexibility index (Phi) is 3.58. The van der Waals surface area contributed by atoms with Crippen molar-refractivity contribution in [3.63, 3.8) is 0 Å². The molecule has 0 aliphatic carbocycles. The molecule has 0 saturated carbocycles. The van der Waals surface area contributed by atoms with Gasteiger partial charge in [-0.15, -0.1) is 0 Å². The molecule has 0 radical (unpaired) electrons. The second kappa shape index (κ2) is 5.14. The number of hydrogen-bond acceptors (Lipinski definition) is 3. The highest BCUT2D eigenvalue weighted by atomic mass is 19.1. The minimum absolute atomic E-state index is 0.129.